The lowest BCUT2D eigenvalue weighted by Crippen LogP contribution is -2.47. The van der Waals surface area contributed by atoms with Gasteiger partial charge in [0.15, 0.2) is 5.69 Å². The molecule has 0 spiro atoms. The Morgan fingerprint density at radius 3 is 2.36 bits per heavy atom. The molecule has 0 radical (unpaired) electrons. The molecule has 25 heavy (non-hydrogen) atoms. The molecule has 0 unspecified atom stereocenters. The van der Waals surface area contributed by atoms with Crippen molar-refractivity contribution < 1.29 is 26.5 Å². The average Bonchev–Trinajstić information content (AvgIpc) is 2.48. The van der Waals surface area contributed by atoms with Gasteiger partial charge in [-0.05, 0) is 24.3 Å². The summed E-state index contributed by atoms with van der Waals surface area (Å²) in [5, 5.41) is 2.31. The van der Waals surface area contributed by atoms with Crippen LogP contribution in [0.1, 0.15) is 10.4 Å². The molecule has 10 heteroatoms. The number of hydrogen-bond donors (Lipinski definition) is 1. The van der Waals surface area contributed by atoms with Crippen molar-refractivity contribution in [1.29, 1.82) is 0 Å². The van der Waals surface area contributed by atoms with Gasteiger partial charge in [-0.1, -0.05) is 11.6 Å². The molecule has 134 valence electrons. The maximum atomic E-state index is 13.7. The van der Waals surface area contributed by atoms with Crippen LogP contribution >= 0.6 is 11.6 Å². The minimum atomic E-state index is -4.89. The van der Waals surface area contributed by atoms with Crippen LogP contribution in [0, 0.1) is 11.6 Å². The third kappa shape index (κ3) is 3.96. The summed E-state index contributed by atoms with van der Waals surface area (Å²) in [5.74, 6) is -2.71. The van der Waals surface area contributed by atoms with Gasteiger partial charge in [0.1, 0.15) is 17.2 Å². The van der Waals surface area contributed by atoms with Crippen molar-refractivity contribution in [2.75, 3.05) is 19.4 Å². The first-order valence-corrected chi connectivity index (χ1v) is 8.54. The summed E-state index contributed by atoms with van der Waals surface area (Å²) in [6.45, 7) is 0. The van der Waals surface area contributed by atoms with E-state index < -0.39 is 31.7 Å². The van der Waals surface area contributed by atoms with Crippen LogP contribution < -0.4 is 9.21 Å². The fourth-order valence-corrected chi connectivity index (χ4v) is 2.60. The lowest BCUT2D eigenvalue weighted by Gasteiger charge is -2.31. The number of carbonyl (C=O) groups excluding carboxylic acids is 1. The lowest BCUT2D eigenvalue weighted by molar-refractivity contribution is 0.102. The molecule has 1 N–H and O–H groups in total. The quantitative estimate of drug-likeness (QED) is 0.642. The SMILES string of the molecule is C[N+](C)(c1cc(Cl)ccc1C(=O)Nc1ccc(F)cc1F)S(=O)(=O)[O-]. The zero-order valence-corrected chi connectivity index (χ0v) is 14.7. The summed E-state index contributed by atoms with van der Waals surface area (Å²) in [4.78, 5) is 12.4. The first kappa shape index (κ1) is 19.3. The number of hydrogen-bond acceptors (Lipinski definition) is 4. The molecule has 0 aliphatic heterocycles. The van der Waals surface area contributed by atoms with Crippen LogP contribution in [0.15, 0.2) is 36.4 Å². The first-order chi connectivity index (χ1) is 11.4. The zero-order chi connectivity index (χ0) is 19.0. The second kappa shape index (κ2) is 6.68. The van der Waals surface area contributed by atoms with Gasteiger partial charge in [0.05, 0.1) is 19.8 Å². The molecule has 0 aliphatic rings. The summed E-state index contributed by atoms with van der Waals surface area (Å²) in [7, 11) is -2.74. The van der Waals surface area contributed by atoms with Crippen molar-refractivity contribution >= 4 is 39.2 Å². The van der Waals surface area contributed by atoms with Crippen molar-refractivity contribution in [3.63, 3.8) is 0 Å². The minimum absolute atomic E-state index is 0.106. The van der Waals surface area contributed by atoms with Gasteiger partial charge >= 0.3 is 0 Å². The van der Waals surface area contributed by atoms with Gasteiger partial charge in [-0.2, -0.15) is 8.42 Å². The molecule has 2 rings (SSSR count). The van der Waals surface area contributed by atoms with E-state index in [9.17, 15) is 26.5 Å². The van der Waals surface area contributed by atoms with Gasteiger partial charge in [-0.25, -0.2) is 12.7 Å². The van der Waals surface area contributed by atoms with Crippen LogP contribution in [-0.2, 0) is 10.3 Å². The zero-order valence-electron chi connectivity index (χ0n) is 13.1. The number of carbonyl (C=O) groups is 1. The van der Waals surface area contributed by atoms with Gasteiger partial charge in [-0.15, -0.1) is 0 Å². The van der Waals surface area contributed by atoms with Crippen LogP contribution in [0.3, 0.4) is 0 Å². The number of halogens is 3. The monoisotopic (exact) mass is 390 g/mol. The maximum Gasteiger partial charge on any atom is 0.261 e. The summed E-state index contributed by atoms with van der Waals surface area (Å²) in [6.07, 6.45) is 0. The van der Waals surface area contributed by atoms with Crippen LogP contribution in [0.4, 0.5) is 20.2 Å². The van der Waals surface area contributed by atoms with Gasteiger partial charge in [0.2, 0.25) is 0 Å². The second-order valence-corrected chi connectivity index (χ2v) is 7.72. The summed E-state index contributed by atoms with van der Waals surface area (Å²) in [5.41, 5.74) is -0.692. The molecule has 6 nitrogen and oxygen atoms in total. The Bertz CT molecular complexity index is 949. The highest BCUT2D eigenvalue weighted by Crippen LogP contribution is 2.31. The smallest absolute Gasteiger partial charge is 0.261 e. The highest BCUT2D eigenvalue weighted by Gasteiger charge is 2.32. The molecule has 0 saturated heterocycles. The molecule has 0 heterocycles. The van der Waals surface area contributed by atoms with Crippen LogP contribution in [-0.4, -0.2) is 33.0 Å². The average molecular weight is 391 g/mol. The fourth-order valence-electron chi connectivity index (χ4n) is 2.04. The molecule has 0 bridgehead atoms. The summed E-state index contributed by atoms with van der Waals surface area (Å²) in [6, 6.07) is 6.23. The topological polar surface area (TPSA) is 86.3 Å². The first-order valence-electron chi connectivity index (χ1n) is 6.80. The molecule has 1 amide bonds. The largest absolute Gasteiger partial charge is 0.701 e. The van der Waals surface area contributed by atoms with E-state index in [1.807, 2.05) is 0 Å². The highest BCUT2D eigenvalue weighted by molar-refractivity contribution is 7.85. The number of amides is 1. The third-order valence-electron chi connectivity index (χ3n) is 3.52. The molecule has 2 aromatic rings. The van der Waals surface area contributed by atoms with Crippen LogP contribution in [0.2, 0.25) is 5.02 Å². The van der Waals surface area contributed by atoms with Gasteiger partial charge in [-0.3, -0.25) is 4.79 Å². The predicted octanol–water partition coefficient (Wildman–Crippen LogP) is 2.90. The molecule has 0 atom stereocenters. The van der Waals surface area contributed by atoms with E-state index in [2.05, 4.69) is 5.32 Å². The molecular weight excluding hydrogens is 378 g/mol. The summed E-state index contributed by atoms with van der Waals surface area (Å²) < 4.78 is 60.0. The number of rotatable bonds is 4. The number of nitrogens with zero attached hydrogens (tertiary/aromatic N) is 1. The number of benzene rings is 2. The maximum absolute atomic E-state index is 13.7. The molecule has 0 aromatic heterocycles. The molecule has 0 fully saturated rings. The van der Waals surface area contributed by atoms with Crippen molar-refractivity contribution in [2.24, 2.45) is 0 Å². The van der Waals surface area contributed by atoms with Gasteiger partial charge < -0.3 is 9.87 Å². The van der Waals surface area contributed by atoms with E-state index in [1.54, 1.807) is 0 Å². The van der Waals surface area contributed by atoms with Crippen molar-refractivity contribution in [3.05, 3.63) is 58.6 Å². The Morgan fingerprint density at radius 1 is 1.16 bits per heavy atom. The van der Waals surface area contributed by atoms with Gasteiger partial charge in [0, 0.05) is 17.2 Å². The lowest BCUT2D eigenvalue weighted by atomic mass is 10.1. The minimum Gasteiger partial charge on any atom is -0.701 e. The van der Waals surface area contributed by atoms with E-state index in [4.69, 9.17) is 11.6 Å². The number of anilines is 1. The molecule has 0 aliphatic carbocycles. The fraction of sp³-hybridized carbons (Fsp3) is 0.133. The number of quaternary nitrogens is 1. The molecule has 2 aromatic carbocycles. The Hall–Kier alpha value is -2.07. The molecule has 0 saturated carbocycles. The van der Waals surface area contributed by atoms with E-state index in [0.29, 0.717) is 6.07 Å². The predicted molar refractivity (Wildman–Crippen MR) is 89.1 cm³/mol. The summed E-state index contributed by atoms with van der Waals surface area (Å²) >= 11 is 5.84. The standard InChI is InChI=1S/C15H13ClF2N2O4S/c1-20(2,25(22,23)24)14-7-9(16)3-5-11(14)15(21)19-13-6-4-10(17)8-12(13)18/h3-8H,1-2H3,(H-,19,21,22,23,24). The molecular formula is C15H13ClF2N2O4S. The van der Waals surface area contributed by atoms with Crippen molar-refractivity contribution in [2.45, 2.75) is 0 Å². The highest BCUT2D eigenvalue weighted by atomic mass is 35.5. The second-order valence-electron chi connectivity index (χ2n) is 5.52. The van der Waals surface area contributed by atoms with Gasteiger partial charge in [0.25, 0.3) is 16.2 Å². The Labute approximate surface area is 148 Å². The van der Waals surface area contributed by atoms with Crippen LogP contribution in [0.5, 0.6) is 0 Å². The van der Waals surface area contributed by atoms with Crippen molar-refractivity contribution in [1.82, 2.24) is 3.89 Å². The Kier molecular flexibility index (Phi) is 5.14. The van der Waals surface area contributed by atoms with E-state index in [1.165, 1.54) is 12.1 Å². The van der Waals surface area contributed by atoms with E-state index in [0.717, 1.165) is 32.3 Å². The Balaban J connectivity index is 2.51. The van der Waals surface area contributed by atoms with Crippen molar-refractivity contribution in [3.8, 4) is 0 Å². The van der Waals surface area contributed by atoms with E-state index >= 15 is 0 Å². The van der Waals surface area contributed by atoms with Crippen LogP contribution in [0.25, 0.3) is 0 Å². The third-order valence-corrected chi connectivity index (χ3v) is 5.07. The number of nitrogens with one attached hydrogen (secondary N) is 1. The normalized spacial score (nSPS) is 12.1. The van der Waals surface area contributed by atoms with E-state index in [-0.39, 0.29) is 22.0 Å². The Morgan fingerprint density at radius 2 is 1.80 bits per heavy atom.